The lowest BCUT2D eigenvalue weighted by Gasteiger charge is -2.49. The molecule has 0 saturated carbocycles. The number of piperazine rings is 1. The van der Waals surface area contributed by atoms with Crippen molar-refractivity contribution in [1.29, 1.82) is 0 Å². The van der Waals surface area contributed by atoms with Gasteiger partial charge in [-0.1, -0.05) is 12.1 Å². The SMILES string of the molecule is CCNC(=O)[C@@H]1Cc2cc(C(F)(F)F)ccc2N2CCN(Cc3ccc(F)cc3)C[C@H]12. The Morgan fingerprint density at radius 3 is 2.55 bits per heavy atom. The van der Waals surface area contributed by atoms with Crippen molar-refractivity contribution in [2.24, 2.45) is 5.92 Å². The summed E-state index contributed by atoms with van der Waals surface area (Å²) in [4.78, 5) is 17.1. The summed E-state index contributed by atoms with van der Waals surface area (Å²) in [6, 6.07) is 10.1. The van der Waals surface area contributed by atoms with E-state index >= 15 is 0 Å². The Bertz CT molecular complexity index is 945. The van der Waals surface area contributed by atoms with Crippen molar-refractivity contribution >= 4 is 11.6 Å². The molecule has 2 aromatic carbocycles. The number of benzene rings is 2. The zero-order valence-corrected chi connectivity index (χ0v) is 17.3. The van der Waals surface area contributed by atoms with Crippen LogP contribution in [0.25, 0.3) is 0 Å². The monoisotopic (exact) mass is 435 g/mol. The lowest BCUT2D eigenvalue weighted by Crippen LogP contribution is -2.60. The summed E-state index contributed by atoms with van der Waals surface area (Å²) >= 11 is 0. The number of carbonyl (C=O) groups is 1. The molecule has 1 fully saturated rings. The van der Waals surface area contributed by atoms with Crippen LogP contribution in [0.1, 0.15) is 23.6 Å². The van der Waals surface area contributed by atoms with Gasteiger partial charge >= 0.3 is 6.18 Å². The molecule has 0 radical (unpaired) electrons. The van der Waals surface area contributed by atoms with Crippen molar-refractivity contribution in [3.05, 3.63) is 65.0 Å². The van der Waals surface area contributed by atoms with Gasteiger partial charge in [0.05, 0.1) is 17.5 Å². The quantitative estimate of drug-likeness (QED) is 0.742. The molecule has 0 aliphatic carbocycles. The van der Waals surface area contributed by atoms with E-state index in [0.717, 1.165) is 17.3 Å². The average Bonchev–Trinajstić information content (AvgIpc) is 2.73. The van der Waals surface area contributed by atoms with Crippen LogP contribution in [0.5, 0.6) is 0 Å². The Kier molecular flexibility index (Phi) is 5.92. The lowest BCUT2D eigenvalue weighted by atomic mass is 9.82. The first-order chi connectivity index (χ1) is 14.8. The number of halogens is 4. The number of carbonyl (C=O) groups excluding carboxylic acids is 1. The highest BCUT2D eigenvalue weighted by Crippen LogP contribution is 2.39. The molecule has 0 bridgehead atoms. The van der Waals surface area contributed by atoms with Gasteiger partial charge in [-0.3, -0.25) is 9.69 Å². The summed E-state index contributed by atoms with van der Waals surface area (Å²) in [6.45, 7) is 4.86. The van der Waals surface area contributed by atoms with Crippen LogP contribution < -0.4 is 10.2 Å². The van der Waals surface area contributed by atoms with E-state index in [2.05, 4.69) is 15.1 Å². The third-order valence-corrected chi connectivity index (χ3v) is 6.13. The molecule has 2 heterocycles. The van der Waals surface area contributed by atoms with Crippen LogP contribution in [0.3, 0.4) is 0 Å². The van der Waals surface area contributed by atoms with Gasteiger partial charge in [0, 0.05) is 38.4 Å². The van der Waals surface area contributed by atoms with E-state index < -0.39 is 17.7 Å². The van der Waals surface area contributed by atoms with Gasteiger partial charge in [-0.25, -0.2) is 4.39 Å². The second-order valence-corrected chi connectivity index (χ2v) is 8.17. The predicted octanol–water partition coefficient (Wildman–Crippen LogP) is 3.84. The molecule has 0 spiro atoms. The normalized spacial score (nSPS) is 21.4. The van der Waals surface area contributed by atoms with E-state index in [1.165, 1.54) is 24.3 Å². The number of alkyl halides is 3. The number of hydrogen-bond donors (Lipinski definition) is 1. The summed E-state index contributed by atoms with van der Waals surface area (Å²) in [5.74, 6) is -0.858. The smallest absolute Gasteiger partial charge is 0.365 e. The molecule has 8 heteroatoms. The maximum Gasteiger partial charge on any atom is 0.416 e. The molecule has 2 aliphatic rings. The highest BCUT2D eigenvalue weighted by molar-refractivity contribution is 5.82. The standard InChI is InChI=1S/C23H25F4N3O/c1-2-28-22(31)19-12-16-11-17(23(25,26)27)5-8-20(16)30-10-9-29(14-21(19)30)13-15-3-6-18(24)7-4-15/h3-8,11,19,21H,2,9-10,12-14H2,1H3,(H,28,31)/t19-,21-/m1/s1. The van der Waals surface area contributed by atoms with Crippen LogP contribution in [-0.4, -0.2) is 43.0 Å². The molecule has 1 amide bonds. The van der Waals surface area contributed by atoms with E-state index in [4.69, 9.17) is 0 Å². The summed E-state index contributed by atoms with van der Waals surface area (Å²) in [6.07, 6.45) is -4.14. The topological polar surface area (TPSA) is 35.6 Å². The first-order valence-electron chi connectivity index (χ1n) is 10.5. The zero-order chi connectivity index (χ0) is 22.2. The minimum Gasteiger partial charge on any atom is -0.365 e. The molecule has 4 nitrogen and oxygen atoms in total. The third kappa shape index (κ3) is 4.54. The first kappa shape index (κ1) is 21.6. The van der Waals surface area contributed by atoms with Gasteiger partial charge in [-0.2, -0.15) is 13.2 Å². The number of hydrogen-bond acceptors (Lipinski definition) is 3. The maximum atomic E-state index is 13.2. The van der Waals surface area contributed by atoms with Crippen LogP contribution in [0.4, 0.5) is 23.2 Å². The lowest BCUT2D eigenvalue weighted by molar-refractivity contribution is -0.137. The summed E-state index contributed by atoms with van der Waals surface area (Å²) in [5, 5.41) is 2.85. The molecule has 31 heavy (non-hydrogen) atoms. The van der Waals surface area contributed by atoms with Gasteiger partial charge in [0.2, 0.25) is 5.91 Å². The van der Waals surface area contributed by atoms with Crippen molar-refractivity contribution < 1.29 is 22.4 Å². The van der Waals surface area contributed by atoms with Gasteiger partial charge in [-0.15, -0.1) is 0 Å². The van der Waals surface area contributed by atoms with Crippen LogP contribution in [0, 0.1) is 11.7 Å². The van der Waals surface area contributed by atoms with Crippen LogP contribution in [0.15, 0.2) is 42.5 Å². The maximum absolute atomic E-state index is 13.2. The Hall–Kier alpha value is -2.61. The Labute approximate surface area is 178 Å². The molecule has 2 aromatic rings. The van der Waals surface area contributed by atoms with Gasteiger partial charge in [0.15, 0.2) is 0 Å². The molecule has 2 atom stereocenters. The fraction of sp³-hybridized carbons (Fsp3) is 0.435. The molecule has 4 rings (SSSR count). The highest BCUT2D eigenvalue weighted by Gasteiger charge is 2.42. The number of fused-ring (bicyclic) bond motifs is 3. The predicted molar refractivity (Wildman–Crippen MR) is 110 cm³/mol. The summed E-state index contributed by atoms with van der Waals surface area (Å²) in [5.41, 5.74) is 1.64. The van der Waals surface area contributed by atoms with Gasteiger partial charge in [-0.05, 0) is 54.8 Å². The number of rotatable bonds is 4. The average molecular weight is 435 g/mol. The van der Waals surface area contributed by atoms with Crippen LogP contribution >= 0.6 is 0 Å². The largest absolute Gasteiger partial charge is 0.416 e. The first-order valence-corrected chi connectivity index (χ1v) is 10.5. The number of anilines is 1. The Morgan fingerprint density at radius 2 is 1.87 bits per heavy atom. The minimum absolute atomic E-state index is 0.134. The Morgan fingerprint density at radius 1 is 1.13 bits per heavy atom. The van der Waals surface area contributed by atoms with Crippen LogP contribution in [0.2, 0.25) is 0 Å². The molecule has 1 saturated heterocycles. The summed E-state index contributed by atoms with van der Waals surface area (Å²) < 4.78 is 52.9. The number of amides is 1. The van der Waals surface area contributed by atoms with E-state index in [1.54, 1.807) is 12.1 Å². The van der Waals surface area contributed by atoms with Gasteiger partial charge in [0.1, 0.15) is 5.82 Å². The third-order valence-electron chi connectivity index (χ3n) is 6.13. The van der Waals surface area contributed by atoms with Crippen molar-refractivity contribution in [2.75, 3.05) is 31.1 Å². The van der Waals surface area contributed by atoms with Gasteiger partial charge in [0.25, 0.3) is 0 Å². The van der Waals surface area contributed by atoms with Crippen molar-refractivity contribution in [2.45, 2.75) is 32.1 Å². The minimum atomic E-state index is -4.42. The molecule has 0 unspecified atom stereocenters. The molecule has 2 aliphatic heterocycles. The zero-order valence-electron chi connectivity index (χ0n) is 17.3. The fourth-order valence-electron chi connectivity index (χ4n) is 4.66. The van der Waals surface area contributed by atoms with E-state index in [9.17, 15) is 22.4 Å². The molecule has 166 valence electrons. The van der Waals surface area contributed by atoms with Crippen molar-refractivity contribution in [3.63, 3.8) is 0 Å². The van der Waals surface area contributed by atoms with Crippen molar-refractivity contribution in [1.82, 2.24) is 10.2 Å². The van der Waals surface area contributed by atoms with Crippen LogP contribution in [-0.2, 0) is 23.9 Å². The Balaban J connectivity index is 1.61. The fourth-order valence-corrected chi connectivity index (χ4v) is 4.66. The van der Waals surface area contributed by atoms with Crippen molar-refractivity contribution in [3.8, 4) is 0 Å². The highest BCUT2D eigenvalue weighted by atomic mass is 19.4. The molecular weight excluding hydrogens is 410 g/mol. The summed E-state index contributed by atoms with van der Waals surface area (Å²) in [7, 11) is 0. The second-order valence-electron chi connectivity index (χ2n) is 8.17. The number of nitrogens with zero attached hydrogens (tertiary/aromatic N) is 2. The second kappa shape index (κ2) is 8.49. The molecule has 1 N–H and O–H groups in total. The van der Waals surface area contributed by atoms with E-state index in [-0.39, 0.29) is 24.2 Å². The van der Waals surface area contributed by atoms with E-state index in [1.807, 2.05) is 6.92 Å². The van der Waals surface area contributed by atoms with Gasteiger partial charge < -0.3 is 10.2 Å². The molecule has 0 aromatic heterocycles. The number of nitrogens with one attached hydrogen (secondary N) is 1. The van der Waals surface area contributed by atoms with E-state index in [0.29, 0.717) is 38.3 Å². The molecular formula is C23H25F4N3O.